The molecule has 6 aromatic rings. The Balaban J connectivity index is 1.33. The molecule has 0 saturated heterocycles. The second-order valence-corrected chi connectivity index (χ2v) is 9.82. The molecule has 1 amide bonds. The summed E-state index contributed by atoms with van der Waals surface area (Å²) in [4.78, 5) is 30.7. The Labute approximate surface area is 242 Å². The van der Waals surface area contributed by atoms with E-state index >= 15 is 0 Å². The number of ether oxygens (including phenoxy) is 1. The summed E-state index contributed by atoms with van der Waals surface area (Å²) in [6.45, 7) is 3.52. The van der Waals surface area contributed by atoms with Crippen LogP contribution >= 0.6 is 0 Å². The number of hydrogen-bond donors (Lipinski definition) is 1. The number of benzene rings is 2. The number of halogens is 3. The first-order valence-corrected chi connectivity index (χ1v) is 13.0. The van der Waals surface area contributed by atoms with E-state index in [1.165, 1.54) is 23.0 Å². The molecule has 0 unspecified atom stereocenters. The van der Waals surface area contributed by atoms with Gasteiger partial charge in [-0.1, -0.05) is 6.07 Å². The lowest BCUT2D eigenvalue weighted by Crippen LogP contribution is -2.14. The first-order chi connectivity index (χ1) is 20.5. The van der Waals surface area contributed by atoms with Crippen LogP contribution in [0.3, 0.4) is 0 Å². The predicted molar refractivity (Wildman–Crippen MR) is 152 cm³/mol. The summed E-state index contributed by atoms with van der Waals surface area (Å²) in [6.07, 6.45) is 3.23. The number of nitrogens with zero attached hydrogens (tertiary/aromatic N) is 7. The Kier molecular flexibility index (Phi) is 6.84. The summed E-state index contributed by atoms with van der Waals surface area (Å²) >= 11 is 0. The van der Waals surface area contributed by atoms with E-state index in [0.717, 1.165) is 12.1 Å². The van der Waals surface area contributed by atoms with E-state index in [2.05, 4.69) is 30.4 Å². The highest BCUT2D eigenvalue weighted by Gasteiger charge is 2.31. The zero-order chi connectivity index (χ0) is 30.3. The van der Waals surface area contributed by atoms with Crippen LogP contribution in [0.4, 0.5) is 18.9 Å². The molecule has 43 heavy (non-hydrogen) atoms. The summed E-state index contributed by atoms with van der Waals surface area (Å²) in [5.74, 6) is 0.296. The lowest BCUT2D eigenvalue weighted by molar-refractivity contribution is -0.137. The number of alkyl halides is 3. The zero-order valence-electron chi connectivity index (χ0n) is 23.1. The molecule has 6 rings (SSSR count). The van der Waals surface area contributed by atoms with Crippen LogP contribution < -0.4 is 10.1 Å². The van der Waals surface area contributed by atoms with Gasteiger partial charge in [0, 0.05) is 48.1 Å². The van der Waals surface area contributed by atoms with Crippen molar-refractivity contribution in [1.82, 2.24) is 34.3 Å². The van der Waals surface area contributed by atoms with Gasteiger partial charge in [0.15, 0.2) is 11.5 Å². The molecule has 0 aliphatic rings. The molecule has 4 heterocycles. The highest BCUT2D eigenvalue weighted by molar-refractivity contribution is 6.04. The number of aryl methyl sites for hydroxylation is 3. The average molecular weight is 585 g/mol. The summed E-state index contributed by atoms with van der Waals surface area (Å²) in [7, 11) is 1.75. The lowest BCUT2D eigenvalue weighted by atomic mass is 10.1. The van der Waals surface area contributed by atoms with Gasteiger partial charge in [-0.05, 0) is 61.9 Å². The maximum absolute atomic E-state index is 13.7. The number of fused-ring (bicyclic) bond motifs is 1. The molecule has 0 saturated carbocycles. The summed E-state index contributed by atoms with van der Waals surface area (Å²) in [5.41, 5.74) is 1.97. The van der Waals surface area contributed by atoms with E-state index in [1.807, 2.05) is 6.07 Å². The number of carbonyl (C=O) groups is 1. The third-order valence-electron chi connectivity index (χ3n) is 6.65. The number of aromatic nitrogens is 7. The van der Waals surface area contributed by atoms with E-state index in [0.29, 0.717) is 39.4 Å². The number of rotatable bonds is 6. The van der Waals surface area contributed by atoms with Crippen molar-refractivity contribution in [2.24, 2.45) is 7.05 Å². The molecule has 0 spiro atoms. The van der Waals surface area contributed by atoms with Crippen molar-refractivity contribution in [3.63, 3.8) is 0 Å². The minimum Gasteiger partial charge on any atom is -0.438 e. The molecule has 2 aromatic carbocycles. The predicted octanol–water partition coefficient (Wildman–Crippen LogP) is 6.29. The van der Waals surface area contributed by atoms with Crippen molar-refractivity contribution >= 4 is 22.6 Å². The Hall–Kier alpha value is -5.59. The highest BCUT2D eigenvalue weighted by atomic mass is 19.4. The molecule has 0 bridgehead atoms. The van der Waals surface area contributed by atoms with Gasteiger partial charge in [0.05, 0.1) is 23.8 Å². The summed E-state index contributed by atoms with van der Waals surface area (Å²) in [6, 6.07) is 11.7. The maximum atomic E-state index is 13.7. The standard InChI is InChI=1S/C30H23F3N8O2/c1-17-6-7-19(28(42)37-22-10-21(30(31,32)33)11-23(12-22)41-15-18(2)35-16-41)9-25(17)43-29-24-14-36-40(3)27(24)38-26(39-29)20-5-4-8-34-13-20/h4-16H,1-3H3,(H,37,42). The molecule has 0 aliphatic heterocycles. The van der Waals surface area contributed by atoms with Crippen LogP contribution in [0.1, 0.15) is 27.2 Å². The van der Waals surface area contributed by atoms with Gasteiger partial charge in [-0.25, -0.2) is 9.97 Å². The molecule has 0 aliphatic carbocycles. The minimum atomic E-state index is -4.63. The Morgan fingerprint density at radius 3 is 2.58 bits per heavy atom. The van der Waals surface area contributed by atoms with Crippen molar-refractivity contribution in [1.29, 1.82) is 0 Å². The van der Waals surface area contributed by atoms with Gasteiger partial charge in [0.25, 0.3) is 5.91 Å². The number of amides is 1. The van der Waals surface area contributed by atoms with Gasteiger partial charge in [0.1, 0.15) is 11.1 Å². The normalized spacial score (nSPS) is 11.6. The van der Waals surface area contributed by atoms with Crippen molar-refractivity contribution in [2.45, 2.75) is 20.0 Å². The zero-order valence-corrected chi connectivity index (χ0v) is 23.1. The van der Waals surface area contributed by atoms with E-state index in [1.54, 1.807) is 68.6 Å². The average Bonchev–Trinajstić information content (AvgIpc) is 3.59. The van der Waals surface area contributed by atoms with E-state index in [-0.39, 0.29) is 22.8 Å². The van der Waals surface area contributed by atoms with Gasteiger partial charge >= 0.3 is 6.18 Å². The van der Waals surface area contributed by atoms with Crippen molar-refractivity contribution in [3.8, 4) is 28.7 Å². The molecule has 13 heteroatoms. The highest BCUT2D eigenvalue weighted by Crippen LogP contribution is 2.34. The van der Waals surface area contributed by atoms with Crippen LogP contribution in [0.25, 0.3) is 28.1 Å². The fourth-order valence-electron chi connectivity index (χ4n) is 4.42. The third kappa shape index (κ3) is 5.64. The smallest absolute Gasteiger partial charge is 0.416 e. The summed E-state index contributed by atoms with van der Waals surface area (Å²) in [5, 5.41) is 7.41. The fourth-order valence-corrected chi connectivity index (χ4v) is 4.42. The Bertz CT molecular complexity index is 1980. The third-order valence-corrected chi connectivity index (χ3v) is 6.65. The van der Waals surface area contributed by atoms with Crippen LogP contribution in [0.2, 0.25) is 0 Å². The molecule has 216 valence electrons. The Morgan fingerprint density at radius 1 is 1.02 bits per heavy atom. The van der Waals surface area contributed by atoms with Crippen LogP contribution in [-0.2, 0) is 13.2 Å². The van der Waals surface area contributed by atoms with E-state index in [4.69, 9.17) is 4.74 Å². The first-order valence-electron chi connectivity index (χ1n) is 13.0. The van der Waals surface area contributed by atoms with Crippen LogP contribution in [0.5, 0.6) is 11.6 Å². The van der Waals surface area contributed by atoms with Gasteiger partial charge < -0.3 is 14.6 Å². The van der Waals surface area contributed by atoms with Crippen LogP contribution in [0.15, 0.2) is 79.6 Å². The maximum Gasteiger partial charge on any atom is 0.416 e. The molecular formula is C30H23F3N8O2. The number of anilines is 1. The first kappa shape index (κ1) is 27.6. The molecule has 0 radical (unpaired) electrons. The van der Waals surface area contributed by atoms with Crippen LogP contribution in [-0.4, -0.2) is 40.2 Å². The monoisotopic (exact) mass is 584 g/mol. The van der Waals surface area contributed by atoms with E-state index in [9.17, 15) is 18.0 Å². The van der Waals surface area contributed by atoms with Gasteiger partial charge in [0.2, 0.25) is 5.88 Å². The lowest BCUT2D eigenvalue weighted by Gasteiger charge is -2.14. The molecular weight excluding hydrogens is 561 g/mol. The summed E-state index contributed by atoms with van der Waals surface area (Å²) < 4.78 is 50.4. The van der Waals surface area contributed by atoms with Gasteiger partial charge in [-0.3, -0.25) is 14.5 Å². The molecule has 4 aromatic heterocycles. The fraction of sp³-hybridized carbons (Fsp3) is 0.133. The van der Waals surface area contributed by atoms with Crippen molar-refractivity contribution in [2.75, 3.05) is 5.32 Å². The topological polar surface area (TPSA) is 113 Å². The molecule has 10 nitrogen and oxygen atoms in total. The van der Waals surface area contributed by atoms with Crippen molar-refractivity contribution in [3.05, 3.63) is 102 Å². The quantitative estimate of drug-likeness (QED) is 0.245. The number of hydrogen-bond acceptors (Lipinski definition) is 7. The minimum absolute atomic E-state index is 0.0294. The van der Waals surface area contributed by atoms with E-state index < -0.39 is 17.6 Å². The molecule has 1 N–H and O–H groups in total. The van der Waals surface area contributed by atoms with Gasteiger partial charge in [-0.15, -0.1) is 0 Å². The van der Waals surface area contributed by atoms with Crippen LogP contribution in [0, 0.1) is 13.8 Å². The van der Waals surface area contributed by atoms with Gasteiger partial charge in [-0.2, -0.15) is 23.3 Å². The largest absolute Gasteiger partial charge is 0.438 e. The van der Waals surface area contributed by atoms with Crippen molar-refractivity contribution < 1.29 is 22.7 Å². The molecule has 0 atom stereocenters. The molecule has 0 fully saturated rings. The number of imidazole rings is 1. The second-order valence-electron chi connectivity index (χ2n) is 9.82. The number of pyridine rings is 1. The second kappa shape index (κ2) is 10.7. The number of carbonyl (C=O) groups excluding carboxylic acids is 1. The SMILES string of the molecule is Cc1cn(-c2cc(NC(=O)c3ccc(C)c(Oc4nc(-c5cccnc5)nc5c4cnn5C)c3)cc(C(F)(F)F)c2)cn1. The number of nitrogens with one attached hydrogen (secondary N) is 1. The Morgan fingerprint density at radius 2 is 1.86 bits per heavy atom.